The zero-order valence-corrected chi connectivity index (χ0v) is 21.5. The van der Waals surface area contributed by atoms with Gasteiger partial charge in [0.25, 0.3) is 0 Å². The number of ketones is 2. The average Bonchev–Trinajstić information content (AvgIpc) is 2.71. The third-order valence-electron chi connectivity index (χ3n) is 5.15. The van der Waals surface area contributed by atoms with E-state index in [0.29, 0.717) is 28.2 Å². The lowest BCUT2D eigenvalue weighted by Crippen LogP contribution is -2.34. The summed E-state index contributed by atoms with van der Waals surface area (Å²) in [6.45, 7) is 12.0. The zero-order valence-electron chi connectivity index (χ0n) is 19.5. The van der Waals surface area contributed by atoms with E-state index < -0.39 is 28.4 Å². The van der Waals surface area contributed by atoms with Crippen molar-refractivity contribution in [1.29, 1.82) is 0 Å². The highest BCUT2D eigenvalue weighted by molar-refractivity contribution is 6.71. The minimum atomic E-state index is -2.23. The number of hydrogen-bond acceptors (Lipinski definition) is 5. The molecule has 4 rings (SSSR count). The number of fused-ring (bicyclic) bond motifs is 3. The van der Waals surface area contributed by atoms with Crippen LogP contribution >= 0.6 is 0 Å². The first kappa shape index (κ1) is 22.9. The summed E-state index contributed by atoms with van der Waals surface area (Å²) in [5.41, 5.74) is 2.02. The molecule has 0 fully saturated rings. The van der Waals surface area contributed by atoms with Crippen molar-refractivity contribution in [1.82, 2.24) is 0 Å². The van der Waals surface area contributed by atoms with Crippen molar-refractivity contribution >= 4 is 45.7 Å². The summed E-state index contributed by atoms with van der Waals surface area (Å²) < 4.78 is 12.8. The largest absolute Gasteiger partial charge is 0.543 e. The highest BCUT2D eigenvalue weighted by Gasteiger charge is 2.43. The molecule has 8 heteroatoms. The van der Waals surface area contributed by atoms with Crippen LogP contribution in [0, 0.1) is 0 Å². The third kappa shape index (κ3) is 4.11. The molecule has 2 aromatic carbocycles. The van der Waals surface area contributed by atoms with Crippen molar-refractivity contribution in [3.63, 3.8) is 0 Å². The second kappa shape index (κ2) is 7.67. The van der Waals surface area contributed by atoms with Crippen molar-refractivity contribution in [3.05, 3.63) is 81.4 Å². The van der Waals surface area contributed by atoms with Crippen LogP contribution in [0.15, 0.2) is 53.6 Å². The predicted molar refractivity (Wildman–Crippen MR) is 131 cm³/mol. The van der Waals surface area contributed by atoms with Gasteiger partial charge in [-0.15, -0.1) is 0 Å². The van der Waals surface area contributed by atoms with E-state index >= 15 is 0 Å². The second-order valence-electron chi connectivity index (χ2n) is 10.1. The van der Waals surface area contributed by atoms with Crippen LogP contribution in [-0.2, 0) is 8.85 Å². The third-order valence-corrected chi connectivity index (χ3v) is 6.78. The quantitative estimate of drug-likeness (QED) is 0.562. The van der Waals surface area contributed by atoms with Gasteiger partial charge in [-0.05, 0) is 57.5 Å². The van der Waals surface area contributed by atoms with Gasteiger partial charge in [0, 0.05) is 22.3 Å². The molecule has 0 saturated heterocycles. The number of rotatable bonds is 5. The number of aromatic carboxylic acids is 1. The van der Waals surface area contributed by atoms with Crippen molar-refractivity contribution in [2.75, 3.05) is 0 Å². The first-order chi connectivity index (χ1) is 15.3. The zero-order chi connectivity index (χ0) is 24.3. The van der Waals surface area contributed by atoms with E-state index in [1.54, 1.807) is 30.3 Å². The summed E-state index contributed by atoms with van der Waals surface area (Å²) in [6, 6.07) is 11.4. The maximum absolute atomic E-state index is 13.8. The molecule has 0 saturated carbocycles. The Labute approximate surface area is 194 Å². The number of allylic oxidation sites excluding steroid dienone is 2. The fourth-order valence-corrected chi connectivity index (χ4v) is 5.61. The van der Waals surface area contributed by atoms with Crippen LogP contribution in [0.5, 0.6) is 0 Å². The van der Waals surface area contributed by atoms with Crippen molar-refractivity contribution in [2.24, 2.45) is 0 Å². The van der Waals surface area contributed by atoms with Gasteiger partial charge in [-0.25, -0.2) is 4.79 Å². The van der Waals surface area contributed by atoms with Crippen LogP contribution in [0.1, 0.15) is 42.2 Å². The molecule has 33 heavy (non-hydrogen) atoms. The minimum Gasteiger partial charge on any atom is -0.543 e. The van der Waals surface area contributed by atoms with Crippen LogP contribution in [-0.4, -0.2) is 39.3 Å². The maximum Gasteiger partial charge on any atom is 0.335 e. The molecule has 0 bridgehead atoms. The van der Waals surface area contributed by atoms with Crippen molar-refractivity contribution < 1.29 is 28.3 Å². The van der Waals surface area contributed by atoms with E-state index in [0.717, 1.165) is 0 Å². The summed E-state index contributed by atoms with van der Waals surface area (Å²) >= 11 is 0. The molecule has 0 radical (unpaired) electrons. The van der Waals surface area contributed by atoms with E-state index in [1.807, 2.05) is 39.3 Å². The van der Waals surface area contributed by atoms with Crippen LogP contribution in [0.25, 0.3) is 11.5 Å². The lowest BCUT2D eigenvalue weighted by molar-refractivity contribution is 0.0696. The number of carboxylic acid groups (broad SMARTS) is 1. The normalized spacial score (nSPS) is 15.7. The van der Waals surface area contributed by atoms with Gasteiger partial charge in [0.05, 0.1) is 16.7 Å². The Hall–Kier alpha value is -3.24. The summed E-state index contributed by atoms with van der Waals surface area (Å²) in [4.78, 5) is 39.2. The lowest BCUT2D eigenvalue weighted by atomic mass is 9.76. The lowest BCUT2D eigenvalue weighted by Gasteiger charge is -2.34. The first-order valence-electron chi connectivity index (χ1n) is 10.7. The standard InChI is InChI=1S/C25H26O6Si2/c1-32(2,3)30-23-16-10-8-7-9-15(16)21(26)19-20(23)22(27)18-13-14(25(28)29)11-12-17(18)24(19)31-33(4,5)6/h7-13H,1-6H3,(H,28,29). The Balaban J connectivity index is 2.14. The summed E-state index contributed by atoms with van der Waals surface area (Å²) in [7, 11) is -4.43. The molecule has 0 aliphatic heterocycles. The fraction of sp³-hybridized carbons (Fsp3) is 0.240. The monoisotopic (exact) mass is 478 g/mol. The first-order valence-corrected chi connectivity index (χ1v) is 17.5. The van der Waals surface area contributed by atoms with E-state index in [9.17, 15) is 19.5 Å². The predicted octanol–water partition coefficient (Wildman–Crippen LogP) is 5.60. The molecule has 0 spiro atoms. The number of benzene rings is 2. The molecule has 0 atom stereocenters. The Morgan fingerprint density at radius 2 is 1.15 bits per heavy atom. The minimum absolute atomic E-state index is 0.00583. The number of carboxylic acids is 1. The van der Waals surface area contributed by atoms with Crippen LogP contribution in [0.4, 0.5) is 0 Å². The molecule has 2 aliphatic carbocycles. The molecule has 0 unspecified atom stereocenters. The maximum atomic E-state index is 13.8. The van der Waals surface area contributed by atoms with Crippen LogP contribution in [0.2, 0.25) is 39.3 Å². The van der Waals surface area contributed by atoms with E-state index in [1.165, 1.54) is 12.1 Å². The fourth-order valence-electron chi connectivity index (χ4n) is 3.97. The molecule has 6 nitrogen and oxygen atoms in total. The highest BCUT2D eigenvalue weighted by Crippen LogP contribution is 2.46. The van der Waals surface area contributed by atoms with E-state index in [4.69, 9.17) is 8.85 Å². The second-order valence-corrected chi connectivity index (χ2v) is 19.0. The van der Waals surface area contributed by atoms with Crippen LogP contribution in [0.3, 0.4) is 0 Å². The molecule has 0 aromatic heterocycles. The van der Waals surface area contributed by atoms with Gasteiger partial charge in [-0.3, -0.25) is 9.59 Å². The van der Waals surface area contributed by atoms with Crippen LogP contribution < -0.4 is 0 Å². The van der Waals surface area contributed by atoms with Gasteiger partial charge in [-0.2, -0.15) is 0 Å². The molecule has 1 N–H and O–H groups in total. The number of hydrogen-bond donors (Lipinski definition) is 1. The summed E-state index contributed by atoms with van der Waals surface area (Å²) in [5, 5.41) is 9.50. The van der Waals surface area contributed by atoms with Gasteiger partial charge in [0.2, 0.25) is 16.6 Å². The Bertz CT molecular complexity index is 1290. The van der Waals surface area contributed by atoms with Gasteiger partial charge >= 0.3 is 5.97 Å². The molecular formula is C25H26O6Si2. The Morgan fingerprint density at radius 3 is 1.64 bits per heavy atom. The summed E-state index contributed by atoms with van der Waals surface area (Å²) in [5.74, 6) is -1.16. The van der Waals surface area contributed by atoms with Crippen molar-refractivity contribution in [2.45, 2.75) is 39.3 Å². The molecular weight excluding hydrogens is 452 g/mol. The van der Waals surface area contributed by atoms with Gasteiger partial charge < -0.3 is 14.0 Å². The molecule has 2 aliphatic rings. The van der Waals surface area contributed by atoms with Gasteiger partial charge in [0.1, 0.15) is 11.5 Å². The van der Waals surface area contributed by atoms with E-state index in [-0.39, 0.29) is 28.1 Å². The highest BCUT2D eigenvalue weighted by atomic mass is 28.4. The summed E-state index contributed by atoms with van der Waals surface area (Å²) in [6.07, 6.45) is 0. The Kier molecular flexibility index (Phi) is 5.33. The SMILES string of the molecule is C[Si](C)(C)OC1=C2C(=O)c3cc(C(=O)O)ccc3C(O[Si](C)(C)C)=C2C(=O)c2ccccc21. The topological polar surface area (TPSA) is 89.9 Å². The van der Waals surface area contributed by atoms with Gasteiger partial charge in [-0.1, -0.05) is 24.3 Å². The van der Waals surface area contributed by atoms with Gasteiger partial charge in [0.15, 0.2) is 11.6 Å². The molecule has 170 valence electrons. The Morgan fingerprint density at radius 1 is 0.697 bits per heavy atom. The molecule has 2 aromatic rings. The number of carbonyl (C=O) groups excluding carboxylic acids is 2. The molecule has 0 heterocycles. The van der Waals surface area contributed by atoms with E-state index in [2.05, 4.69) is 0 Å². The smallest absolute Gasteiger partial charge is 0.335 e. The van der Waals surface area contributed by atoms with Crippen molar-refractivity contribution in [3.8, 4) is 0 Å². The number of Topliss-reactive ketones (excluding diaryl/α,β-unsaturated/α-hetero) is 2. The molecule has 0 amide bonds. The average molecular weight is 479 g/mol. The number of carbonyl (C=O) groups is 3.